The van der Waals surface area contributed by atoms with Gasteiger partial charge in [-0.25, -0.2) is 4.39 Å². The van der Waals surface area contributed by atoms with Crippen molar-refractivity contribution in [2.24, 2.45) is 0 Å². The van der Waals surface area contributed by atoms with Crippen molar-refractivity contribution in [3.05, 3.63) is 47.8 Å². The molecule has 1 saturated heterocycles. The lowest BCUT2D eigenvalue weighted by Crippen LogP contribution is -2.58. The predicted octanol–water partition coefficient (Wildman–Crippen LogP) is 2.72. The van der Waals surface area contributed by atoms with Crippen LogP contribution in [0.2, 0.25) is 0 Å². The molecule has 168 valence electrons. The fourth-order valence-corrected chi connectivity index (χ4v) is 3.76. The Hall–Kier alpha value is -3.00. The summed E-state index contributed by atoms with van der Waals surface area (Å²) in [4.78, 5) is 14.5. The summed E-state index contributed by atoms with van der Waals surface area (Å²) in [7, 11) is 6.75. The van der Waals surface area contributed by atoms with E-state index in [1.165, 1.54) is 33.5 Å². The number of hydrogen-bond acceptors (Lipinski definition) is 5. The van der Waals surface area contributed by atoms with Crippen molar-refractivity contribution in [2.45, 2.75) is 6.54 Å². The molecular weight excluding hydrogens is 403 g/mol. The Balaban J connectivity index is 1.55. The zero-order valence-electron chi connectivity index (χ0n) is 18.5. The minimum absolute atomic E-state index is 0.0678. The SMILES string of the molecule is COc1cc(OCC(=O)N2CC[N+](C)(Cc3ccc(F)cc3)CC2)cc(OC)c1OC. The molecule has 0 spiro atoms. The second kappa shape index (κ2) is 9.87. The average molecular weight is 434 g/mol. The molecule has 1 aliphatic rings. The number of nitrogens with zero attached hydrogens (tertiary/aromatic N) is 2. The van der Waals surface area contributed by atoms with Crippen LogP contribution in [0.4, 0.5) is 4.39 Å². The summed E-state index contributed by atoms with van der Waals surface area (Å²) < 4.78 is 35.6. The second-order valence-corrected chi connectivity index (χ2v) is 7.88. The van der Waals surface area contributed by atoms with Crippen molar-refractivity contribution >= 4 is 5.91 Å². The maximum atomic E-state index is 13.1. The first-order valence-electron chi connectivity index (χ1n) is 10.2. The molecule has 2 aromatic rings. The maximum Gasteiger partial charge on any atom is 0.260 e. The van der Waals surface area contributed by atoms with Crippen LogP contribution in [0.25, 0.3) is 0 Å². The maximum absolute atomic E-state index is 13.1. The minimum atomic E-state index is -0.228. The summed E-state index contributed by atoms with van der Waals surface area (Å²) in [6.07, 6.45) is 0. The van der Waals surface area contributed by atoms with Gasteiger partial charge < -0.3 is 28.3 Å². The van der Waals surface area contributed by atoms with Gasteiger partial charge in [0, 0.05) is 17.7 Å². The topological polar surface area (TPSA) is 57.2 Å². The highest BCUT2D eigenvalue weighted by Crippen LogP contribution is 2.40. The molecule has 0 aliphatic carbocycles. The molecular formula is C23H30FN2O5+. The fraction of sp³-hybridized carbons (Fsp3) is 0.435. The molecule has 3 rings (SSSR count). The molecule has 0 unspecified atom stereocenters. The molecule has 0 aromatic heterocycles. The normalized spacial score (nSPS) is 15.3. The first kappa shape index (κ1) is 22.7. The third-order valence-electron chi connectivity index (χ3n) is 5.65. The van der Waals surface area contributed by atoms with Crippen LogP contribution in [0.3, 0.4) is 0 Å². The molecule has 0 saturated carbocycles. The van der Waals surface area contributed by atoms with E-state index in [0.717, 1.165) is 29.7 Å². The van der Waals surface area contributed by atoms with Crippen LogP contribution in [0, 0.1) is 5.82 Å². The molecule has 7 nitrogen and oxygen atoms in total. The summed E-state index contributed by atoms with van der Waals surface area (Å²) in [5.74, 6) is 1.58. The van der Waals surface area contributed by atoms with Crippen molar-refractivity contribution in [2.75, 3.05) is 61.2 Å². The number of benzene rings is 2. The summed E-state index contributed by atoms with van der Waals surface area (Å²) in [5.41, 5.74) is 1.09. The van der Waals surface area contributed by atoms with Gasteiger partial charge in [-0.2, -0.15) is 0 Å². The molecule has 31 heavy (non-hydrogen) atoms. The van der Waals surface area contributed by atoms with Gasteiger partial charge in [0.25, 0.3) is 5.91 Å². The van der Waals surface area contributed by atoms with Gasteiger partial charge in [0.05, 0.1) is 54.6 Å². The van der Waals surface area contributed by atoms with E-state index in [1.807, 2.05) is 17.0 Å². The predicted molar refractivity (Wildman–Crippen MR) is 114 cm³/mol. The Labute approximate surface area is 182 Å². The summed E-state index contributed by atoms with van der Waals surface area (Å²) >= 11 is 0. The first-order chi connectivity index (χ1) is 14.9. The highest BCUT2D eigenvalue weighted by molar-refractivity contribution is 5.78. The van der Waals surface area contributed by atoms with E-state index in [-0.39, 0.29) is 18.3 Å². The highest BCUT2D eigenvalue weighted by atomic mass is 19.1. The fourth-order valence-electron chi connectivity index (χ4n) is 3.76. The van der Waals surface area contributed by atoms with Crippen molar-refractivity contribution < 1.29 is 32.6 Å². The van der Waals surface area contributed by atoms with Crippen molar-refractivity contribution in [1.29, 1.82) is 0 Å². The number of amides is 1. The van der Waals surface area contributed by atoms with Gasteiger partial charge >= 0.3 is 0 Å². The lowest BCUT2D eigenvalue weighted by molar-refractivity contribution is -0.926. The molecule has 0 radical (unpaired) electrons. The van der Waals surface area contributed by atoms with E-state index in [1.54, 1.807) is 12.1 Å². The number of likely N-dealkylation sites (N-methyl/N-ethyl adjacent to an activating group) is 1. The van der Waals surface area contributed by atoms with E-state index >= 15 is 0 Å². The smallest absolute Gasteiger partial charge is 0.260 e. The third-order valence-corrected chi connectivity index (χ3v) is 5.65. The number of rotatable bonds is 8. The number of methoxy groups -OCH3 is 3. The number of ether oxygens (including phenoxy) is 4. The molecule has 1 amide bonds. The largest absolute Gasteiger partial charge is 0.493 e. The highest BCUT2D eigenvalue weighted by Gasteiger charge is 2.31. The Bertz CT molecular complexity index is 870. The van der Waals surface area contributed by atoms with Gasteiger partial charge in [-0.15, -0.1) is 0 Å². The number of hydrogen-bond donors (Lipinski definition) is 0. The van der Waals surface area contributed by atoms with E-state index in [4.69, 9.17) is 18.9 Å². The van der Waals surface area contributed by atoms with Gasteiger partial charge in [0.1, 0.15) is 18.1 Å². The molecule has 0 N–H and O–H groups in total. The standard InChI is InChI=1S/C23H30FN2O5/c1-26(15-17-5-7-18(24)8-6-17)11-9-25(10-12-26)22(27)16-31-19-13-20(28-2)23(30-4)21(14-19)29-3/h5-8,13-14H,9-12,15-16H2,1-4H3/q+1. The number of carbonyl (C=O) groups is 1. The van der Waals surface area contributed by atoms with Crippen LogP contribution in [-0.4, -0.2) is 76.5 Å². The van der Waals surface area contributed by atoms with Crippen LogP contribution in [0.5, 0.6) is 23.0 Å². The molecule has 1 fully saturated rings. The van der Waals surface area contributed by atoms with Gasteiger partial charge in [-0.1, -0.05) is 12.1 Å². The molecule has 1 aliphatic heterocycles. The van der Waals surface area contributed by atoms with E-state index in [0.29, 0.717) is 36.1 Å². The Morgan fingerprint density at radius 2 is 1.58 bits per heavy atom. The number of quaternary nitrogens is 1. The second-order valence-electron chi connectivity index (χ2n) is 7.88. The minimum Gasteiger partial charge on any atom is -0.493 e. The molecule has 2 aromatic carbocycles. The lowest BCUT2D eigenvalue weighted by atomic mass is 10.1. The lowest BCUT2D eigenvalue weighted by Gasteiger charge is -2.42. The molecule has 8 heteroatoms. The van der Waals surface area contributed by atoms with E-state index in [9.17, 15) is 9.18 Å². The van der Waals surface area contributed by atoms with Gasteiger partial charge in [-0.05, 0) is 12.1 Å². The third kappa shape index (κ3) is 5.58. The summed E-state index contributed by atoms with van der Waals surface area (Å²) in [5, 5.41) is 0. The van der Waals surface area contributed by atoms with Gasteiger partial charge in [0.2, 0.25) is 5.75 Å². The average Bonchev–Trinajstić information content (AvgIpc) is 2.78. The monoisotopic (exact) mass is 433 g/mol. The Morgan fingerprint density at radius 3 is 2.10 bits per heavy atom. The molecule has 0 bridgehead atoms. The zero-order chi connectivity index (χ0) is 22.4. The van der Waals surface area contributed by atoms with Crippen LogP contribution < -0.4 is 18.9 Å². The van der Waals surface area contributed by atoms with Crippen LogP contribution in [0.1, 0.15) is 5.56 Å². The quantitative estimate of drug-likeness (QED) is 0.600. The van der Waals surface area contributed by atoms with Gasteiger partial charge in [-0.3, -0.25) is 4.79 Å². The summed E-state index contributed by atoms with van der Waals surface area (Å²) in [6.45, 7) is 3.69. The van der Waals surface area contributed by atoms with E-state index < -0.39 is 0 Å². The van der Waals surface area contributed by atoms with Gasteiger partial charge in [0.15, 0.2) is 18.1 Å². The Morgan fingerprint density at radius 1 is 1.00 bits per heavy atom. The molecule has 1 heterocycles. The van der Waals surface area contributed by atoms with Crippen LogP contribution >= 0.6 is 0 Å². The number of carbonyl (C=O) groups excluding carboxylic acids is 1. The first-order valence-corrected chi connectivity index (χ1v) is 10.2. The van der Waals surface area contributed by atoms with E-state index in [2.05, 4.69) is 7.05 Å². The number of halogens is 1. The Kier molecular flexibility index (Phi) is 7.22. The number of piperazine rings is 1. The summed E-state index contributed by atoms with van der Waals surface area (Å²) in [6, 6.07) is 9.95. The van der Waals surface area contributed by atoms with Crippen molar-refractivity contribution in [1.82, 2.24) is 4.90 Å². The van der Waals surface area contributed by atoms with Crippen LogP contribution in [0.15, 0.2) is 36.4 Å². The van der Waals surface area contributed by atoms with Crippen molar-refractivity contribution in [3.63, 3.8) is 0 Å². The van der Waals surface area contributed by atoms with Crippen molar-refractivity contribution in [3.8, 4) is 23.0 Å². The zero-order valence-corrected chi connectivity index (χ0v) is 18.5. The van der Waals surface area contributed by atoms with Crippen LogP contribution in [-0.2, 0) is 11.3 Å². The molecule has 0 atom stereocenters.